The third-order valence-electron chi connectivity index (χ3n) is 2.58. The number of aromatic nitrogens is 1. The van der Waals surface area contributed by atoms with Crippen LogP contribution in [0.25, 0.3) is 0 Å². The van der Waals surface area contributed by atoms with Gasteiger partial charge in [0.1, 0.15) is 0 Å². The van der Waals surface area contributed by atoms with Crippen molar-refractivity contribution in [2.45, 2.75) is 12.5 Å². The number of nitrogens with one attached hydrogen (secondary N) is 1. The van der Waals surface area contributed by atoms with Gasteiger partial charge in [0.05, 0.1) is 11.0 Å². The molecule has 0 spiro atoms. The summed E-state index contributed by atoms with van der Waals surface area (Å²) in [4.78, 5) is 21.6. The number of rotatable bonds is 2. The van der Waals surface area contributed by atoms with Crippen LogP contribution in [0.15, 0.2) is 23.1 Å². The summed E-state index contributed by atoms with van der Waals surface area (Å²) in [5.74, 6) is 0. The van der Waals surface area contributed by atoms with Gasteiger partial charge < -0.3 is 9.88 Å². The first kappa shape index (κ1) is 9.85. The SMILES string of the molecule is O=c1c([N+](=O)[O-])cccn1C1CCNC1. The van der Waals surface area contributed by atoms with Crippen LogP contribution in [0, 0.1) is 10.1 Å². The van der Waals surface area contributed by atoms with Crippen LogP contribution in [0.4, 0.5) is 5.69 Å². The summed E-state index contributed by atoms with van der Waals surface area (Å²) in [6, 6.07) is 2.82. The largest absolute Gasteiger partial charge is 0.334 e. The molecule has 2 heterocycles. The Morgan fingerprint density at radius 3 is 3.00 bits per heavy atom. The zero-order valence-corrected chi connectivity index (χ0v) is 8.05. The van der Waals surface area contributed by atoms with E-state index in [-0.39, 0.29) is 11.7 Å². The van der Waals surface area contributed by atoms with E-state index in [1.807, 2.05) is 0 Å². The highest BCUT2D eigenvalue weighted by Gasteiger charge is 2.21. The van der Waals surface area contributed by atoms with E-state index in [2.05, 4.69) is 5.32 Å². The highest BCUT2D eigenvalue weighted by atomic mass is 16.6. The molecule has 1 aliphatic heterocycles. The van der Waals surface area contributed by atoms with Crippen molar-refractivity contribution in [3.63, 3.8) is 0 Å². The summed E-state index contributed by atoms with van der Waals surface area (Å²) in [7, 11) is 0. The summed E-state index contributed by atoms with van der Waals surface area (Å²) in [5, 5.41) is 13.7. The van der Waals surface area contributed by atoms with E-state index in [0.29, 0.717) is 6.54 Å². The van der Waals surface area contributed by atoms with Crippen LogP contribution in [-0.2, 0) is 0 Å². The van der Waals surface area contributed by atoms with E-state index in [4.69, 9.17) is 0 Å². The second-order valence-electron chi connectivity index (χ2n) is 3.51. The van der Waals surface area contributed by atoms with Crippen LogP contribution >= 0.6 is 0 Å². The van der Waals surface area contributed by atoms with E-state index in [0.717, 1.165) is 13.0 Å². The second kappa shape index (κ2) is 3.82. The van der Waals surface area contributed by atoms with Crippen molar-refractivity contribution in [2.24, 2.45) is 0 Å². The zero-order chi connectivity index (χ0) is 10.8. The Morgan fingerprint density at radius 2 is 2.40 bits per heavy atom. The quantitative estimate of drug-likeness (QED) is 0.561. The first-order valence-corrected chi connectivity index (χ1v) is 4.76. The predicted octanol–water partition coefficient (Wildman–Crippen LogP) is 0.291. The van der Waals surface area contributed by atoms with Crippen molar-refractivity contribution in [3.8, 4) is 0 Å². The van der Waals surface area contributed by atoms with Gasteiger partial charge in [-0.2, -0.15) is 0 Å². The minimum absolute atomic E-state index is 0.0393. The van der Waals surface area contributed by atoms with Gasteiger partial charge >= 0.3 is 11.2 Å². The summed E-state index contributed by atoms with van der Waals surface area (Å²) in [5.41, 5.74) is -0.874. The molecule has 1 unspecified atom stereocenters. The van der Waals surface area contributed by atoms with Crippen molar-refractivity contribution < 1.29 is 4.92 Å². The second-order valence-corrected chi connectivity index (χ2v) is 3.51. The number of hydrogen-bond acceptors (Lipinski definition) is 4. The summed E-state index contributed by atoms with van der Waals surface area (Å²) in [6.07, 6.45) is 2.44. The molecule has 0 amide bonds. The number of pyridine rings is 1. The van der Waals surface area contributed by atoms with Gasteiger partial charge in [-0.1, -0.05) is 0 Å². The van der Waals surface area contributed by atoms with Crippen LogP contribution in [0.1, 0.15) is 12.5 Å². The minimum atomic E-state index is -0.638. The van der Waals surface area contributed by atoms with Crippen molar-refractivity contribution in [1.82, 2.24) is 9.88 Å². The summed E-state index contributed by atoms with van der Waals surface area (Å²) in [6.45, 7) is 1.54. The molecule has 6 nitrogen and oxygen atoms in total. The lowest BCUT2D eigenvalue weighted by molar-refractivity contribution is -0.386. The third-order valence-corrected chi connectivity index (χ3v) is 2.58. The maximum Gasteiger partial charge on any atom is 0.334 e. The Morgan fingerprint density at radius 1 is 1.60 bits per heavy atom. The predicted molar refractivity (Wildman–Crippen MR) is 53.9 cm³/mol. The van der Waals surface area contributed by atoms with E-state index in [9.17, 15) is 14.9 Å². The molecule has 1 aromatic rings. The summed E-state index contributed by atoms with van der Waals surface area (Å²) >= 11 is 0. The Balaban J connectivity index is 2.44. The van der Waals surface area contributed by atoms with Gasteiger partial charge in [0.2, 0.25) is 0 Å². The average Bonchev–Trinajstić information content (AvgIpc) is 2.70. The molecule has 0 saturated carbocycles. The molecule has 2 rings (SSSR count). The first-order chi connectivity index (χ1) is 7.20. The zero-order valence-electron chi connectivity index (χ0n) is 8.05. The van der Waals surface area contributed by atoms with E-state index in [1.54, 1.807) is 6.20 Å². The molecule has 15 heavy (non-hydrogen) atoms. The molecule has 0 radical (unpaired) electrons. The Labute approximate surface area is 85.7 Å². The molecule has 0 aliphatic carbocycles. The van der Waals surface area contributed by atoms with Gasteiger partial charge in [0.25, 0.3) is 0 Å². The van der Waals surface area contributed by atoms with Crippen molar-refractivity contribution in [2.75, 3.05) is 13.1 Å². The molecule has 1 aliphatic rings. The first-order valence-electron chi connectivity index (χ1n) is 4.76. The fourth-order valence-electron chi connectivity index (χ4n) is 1.80. The Bertz CT molecular complexity index is 434. The normalized spacial score (nSPS) is 20.4. The van der Waals surface area contributed by atoms with Gasteiger partial charge in [-0.15, -0.1) is 0 Å². The molecular weight excluding hydrogens is 198 g/mol. The molecule has 1 saturated heterocycles. The molecule has 1 aromatic heterocycles. The van der Waals surface area contributed by atoms with Crippen LogP contribution in [0.2, 0.25) is 0 Å². The van der Waals surface area contributed by atoms with E-state index < -0.39 is 10.5 Å². The fraction of sp³-hybridized carbons (Fsp3) is 0.444. The number of nitrogens with zero attached hydrogens (tertiary/aromatic N) is 2. The van der Waals surface area contributed by atoms with Gasteiger partial charge in [-0.25, -0.2) is 0 Å². The van der Waals surface area contributed by atoms with Crippen LogP contribution in [0.5, 0.6) is 0 Å². The lowest BCUT2D eigenvalue weighted by atomic mass is 10.2. The van der Waals surface area contributed by atoms with Crippen molar-refractivity contribution in [1.29, 1.82) is 0 Å². The van der Waals surface area contributed by atoms with Crippen molar-refractivity contribution >= 4 is 5.69 Å². The Kier molecular flexibility index (Phi) is 2.51. The van der Waals surface area contributed by atoms with E-state index in [1.165, 1.54) is 16.7 Å². The van der Waals surface area contributed by atoms with Gasteiger partial charge in [0.15, 0.2) is 0 Å². The van der Waals surface area contributed by atoms with Gasteiger partial charge in [-0.3, -0.25) is 14.9 Å². The molecule has 1 atom stereocenters. The molecule has 80 valence electrons. The monoisotopic (exact) mass is 209 g/mol. The molecular formula is C9H11N3O3. The highest BCUT2D eigenvalue weighted by molar-refractivity contribution is 5.25. The lowest BCUT2D eigenvalue weighted by Crippen LogP contribution is -2.27. The molecule has 0 bridgehead atoms. The number of hydrogen-bond donors (Lipinski definition) is 1. The maximum atomic E-state index is 11.7. The molecule has 1 fully saturated rings. The standard InChI is InChI=1S/C9H11N3O3/c13-9-8(12(14)15)2-1-5-11(9)7-3-4-10-6-7/h1-2,5,7,10H,3-4,6H2. The van der Waals surface area contributed by atoms with Gasteiger partial charge in [-0.05, 0) is 19.0 Å². The average molecular weight is 209 g/mol. The van der Waals surface area contributed by atoms with Crippen LogP contribution in [0.3, 0.4) is 0 Å². The molecule has 1 N–H and O–H groups in total. The topological polar surface area (TPSA) is 77.2 Å². The number of nitro groups is 1. The highest BCUT2D eigenvalue weighted by Crippen LogP contribution is 2.13. The van der Waals surface area contributed by atoms with Gasteiger partial charge in [0, 0.05) is 18.8 Å². The maximum absolute atomic E-state index is 11.7. The Hall–Kier alpha value is -1.69. The van der Waals surface area contributed by atoms with Crippen LogP contribution < -0.4 is 10.9 Å². The molecule has 0 aromatic carbocycles. The van der Waals surface area contributed by atoms with Crippen LogP contribution in [-0.4, -0.2) is 22.6 Å². The third kappa shape index (κ3) is 1.75. The van der Waals surface area contributed by atoms with E-state index >= 15 is 0 Å². The summed E-state index contributed by atoms with van der Waals surface area (Å²) < 4.78 is 1.44. The van der Waals surface area contributed by atoms with Crippen molar-refractivity contribution in [3.05, 3.63) is 38.8 Å². The fourth-order valence-corrected chi connectivity index (χ4v) is 1.80. The molecule has 6 heteroatoms. The lowest BCUT2D eigenvalue weighted by Gasteiger charge is -2.11. The minimum Gasteiger partial charge on any atom is -0.315 e. The smallest absolute Gasteiger partial charge is 0.315 e.